The standard InChI is InChI=1S/C12H22N2O4/c1-11(2,3)14(5-9(15)16)10(17)12(4)7-18-6-8(12)13/h8H,5-7,13H2,1-4H3,(H,15,16). The predicted octanol–water partition coefficient (Wildman–Crippen LogP) is 0.0619. The number of ether oxygens (including phenoxy) is 1. The lowest BCUT2D eigenvalue weighted by atomic mass is 9.83. The van der Waals surface area contributed by atoms with Crippen LogP contribution < -0.4 is 5.73 Å². The van der Waals surface area contributed by atoms with Gasteiger partial charge >= 0.3 is 5.97 Å². The van der Waals surface area contributed by atoms with Crippen LogP contribution in [-0.2, 0) is 14.3 Å². The van der Waals surface area contributed by atoms with E-state index in [0.29, 0.717) is 6.61 Å². The number of rotatable bonds is 3. The number of aliphatic carboxylic acids is 1. The monoisotopic (exact) mass is 258 g/mol. The van der Waals surface area contributed by atoms with E-state index in [4.69, 9.17) is 15.6 Å². The van der Waals surface area contributed by atoms with Crippen LogP contribution in [-0.4, -0.2) is 53.2 Å². The number of carbonyl (C=O) groups is 2. The molecule has 1 aliphatic heterocycles. The third-order valence-electron chi connectivity index (χ3n) is 3.35. The van der Waals surface area contributed by atoms with Gasteiger partial charge in [0.2, 0.25) is 5.91 Å². The SMILES string of the molecule is CC1(C(=O)N(CC(=O)O)C(C)(C)C)COCC1N. The lowest BCUT2D eigenvalue weighted by Gasteiger charge is -2.40. The third kappa shape index (κ3) is 2.81. The Morgan fingerprint density at radius 2 is 2.06 bits per heavy atom. The van der Waals surface area contributed by atoms with Crippen molar-refractivity contribution < 1.29 is 19.4 Å². The van der Waals surface area contributed by atoms with Gasteiger partial charge in [0, 0.05) is 11.6 Å². The van der Waals surface area contributed by atoms with Crippen LogP contribution >= 0.6 is 0 Å². The van der Waals surface area contributed by atoms with Gasteiger partial charge in [-0.3, -0.25) is 9.59 Å². The molecule has 1 fully saturated rings. The Bertz CT molecular complexity index is 350. The zero-order valence-electron chi connectivity index (χ0n) is 11.4. The second kappa shape index (κ2) is 4.85. The van der Waals surface area contributed by atoms with Crippen LogP contribution in [0.1, 0.15) is 27.7 Å². The van der Waals surface area contributed by atoms with Crippen molar-refractivity contribution in [2.45, 2.75) is 39.3 Å². The Balaban J connectivity index is 2.99. The summed E-state index contributed by atoms with van der Waals surface area (Å²) in [5.74, 6) is -1.29. The number of nitrogens with two attached hydrogens (primary N) is 1. The molecular formula is C12H22N2O4. The lowest BCUT2D eigenvalue weighted by Crippen LogP contribution is -2.57. The van der Waals surface area contributed by atoms with E-state index in [2.05, 4.69) is 0 Å². The molecule has 0 aliphatic carbocycles. The average Bonchev–Trinajstić information content (AvgIpc) is 2.54. The average molecular weight is 258 g/mol. The molecule has 1 saturated heterocycles. The summed E-state index contributed by atoms with van der Waals surface area (Å²) in [4.78, 5) is 24.8. The van der Waals surface area contributed by atoms with Gasteiger partial charge in [0.15, 0.2) is 0 Å². The van der Waals surface area contributed by atoms with Gasteiger partial charge in [0.05, 0.1) is 18.6 Å². The van der Waals surface area contributed by atoms with E-state index in [1.165, 1.54) is 4.90 Å². The smallest absolute Gasteiger partial charge is 0.323 e. The molecule has 0 saturated carbocycles. The highest BCUT2D eigenvalue weighted by atomic mass is 16.5. The van der Waals surface area contributed by atoms with Gasteiger partial charge in [0.1, 0.15) is 6.54 Å². The van der Waals surface area contributed by atoms with Crippen molar-refractivity contribution in [2.75, 3.05) is 19.8 Å². The molecule has 2 unspecified atom stereocenters. The molecule has 0 radical (unpaired) electrons. The van der Waals surface area contributed by atoms with Crippen LogP contribution in [0.4, 0.5) is 0 Å². The van der Waals surface area contributed by atoms with Crippen molar-refractivity contribution in [1.82, 2.24) is 4.90 Å². The third-order valence-corrected chi connectivity index (χ3v) is 3.35. The topological polar surface area (TPSA) is 92.9 Å². The van der Waals surface area contributed by atoms with Gasteiger partial charge in [0.25, 0.3) is 0 Å². The van der Waals surface area contributed by atoms with Crippen LogP contribution in [0.25, 0.3) is 0 Å². The van der Waals surface area contributed by atoms with Gasteiger partial charge in [-0.1, -0.05) is 0 Å². The Labute approximate surface area is 107 Å². The van der Waals surface area contributed by atoms with E-state index in [0.717, 1.165) is 0 Å². The lowest BCUT2D eigenvalue weighted by molar-refractivity contribution is -0.154. The molecule has 104 valence electrons. The molecule has 1 heterocycles. The Hall–Kier alpha value is -1.14. The summed E-state index contributed by atoms with van der Waals surface area (Å²) >= 11 is 0. The first-order valence-corrected chi connectivity index (χ1v) is 5.96. The number of carbonyl (C=O) groups excluding carboxylic acids is 1. The highest BCUT2D eigenvalue weighted by Gasteiger charge is 2.48. The van der Waals surface area contributed by atoms with Crippen molar-refractivity contribution in [1.29, 1.82) is 0 Å². The molecule has 18 heavy (non-hydrogen) atoms. The normalized spacial score (nSPS) is 28.2. The van der Waals surface area contributed by atoms with Crippen molar-refractivity contribution in [2.24, 2.45) is 11.1 Å². The summed E-state index contributed by atoms with van der Waals surface area (Å²) < 4.78 is 5.24. The summed E-state index contributed by atoms with van der Waals surface area (Å²) in [6, 6.07) is -0.399. The molecule has 0 spiro atoms. The van der Waals surface area contributed by atoms with Crippen LogP contribution in [0.5, 0.6) is 0 Å². The molecular weight excluding hydrogens is 236 g/mol. The largest absolute Gasteiger partial charge is 0.480 e. The predicted molar refractivity (Wildman–Crippen MR) is 66.0 cm³/mol. The van der Waals surface area contributed by atoms with E-state index >= 15 is 0 Å². The van der Waals surface area contributed by atoms with E-state index in [1.807, 2.05) is 0 Å². The molecule has 6 heteroatoms. The molecule has 1 rings (SSSR count). The molecule has 1 amide bonds. The maximum Gasteiger partial charge on any atom is 0.323 e. The minimum atomic E-state index is -1.03. The van der Waals surface area contributed by atoms with Crippen LogP contribution in [0.2, 0.25) is 0 Å². The van der Waals surface area contributed by atoms with Gasteiger partial charge in [-0.2, -0.15) is 0 Å². The van der Waals surface area contributed by atoms with Gasteiger partial charge < -0.3 is 20.5 Å². The second-order valence-corrected chi connectivity index (χ2v) is 5.99. The first-order chi connectivity index (χ1) is 8.09. The van der Waals surface area contributed by atoms with Crippen LogP contribution in [0.15, 0.2) is 0 Å². The Kier molecular flexibility index (Phi) is 4.02. The first kappa shape index (κ1) is 14.9. The van der Waals surface area contributed by atoms with E-state index in [9.17, 15) is 9.59 Å². The van der Waals surface area contributed by atoms with Gasteiger partial charge in [-0.25, -0.2) is 0 Å². The summed E-state index contributed by atoms with van der Waals surface area (Å²) in [5, 5.41) is 8.93. The van der Waals surface area contributed by atoms with E-state index in [-0.39, 0.29) is 19.1 Å². The molecule has 3 N–H and O–H groups in total. The fourth-order valence-corrected chi connectivity index (χ4v) is 1.97. The molecule has 0 aromatic carbocycles. The quantitative estimate of drug-likeness (QED) is 0.747. The zero-order valence-corrected chi connectivity index (χ0v) is 11.4. The molecule has 0 aromatic heterocycles. The summed E-state index contributed by atoms with van der Waals surface area (Å²) in [5.41, 5.74) is 4.49. The zero-order chi connectivity index (χ0) is 14.1. The van der Waals surface area contributed by atoms with Crippen molar-refractivity contribution in [3.05, 3.63) is 0 Å². The number of hydrogen-bond acceptors (Lipinski definition) is 4. The molecule has 2 atom stereocenters. The van der Waals surface area contributed by atoms with Gasteiger partial charge in [-0.15, -0.1) is 0 Å². The Morgan fingerprint density at radius 1 is 1.50 bits per heavy atom. The molecule has 0 bridgehead atoms. The van der Waals surface area contributed by atoms with Crippen molar-refractivity contribution in [3.63, 3.8) is 0 Å². The summed E-state index contributed by atoms with van der Waals surface area (Å²) in [6.45, 7) is 7.38. The molecule has 1 aliphatic rings. The first-order valence-electron chi connectivity index (χ1n) is 5.96. The minimum absolute atomic E-state index is 0.235. The number of amides is 1. The number of carboxylic acid groups (broad SMARTS) is 1. The fourth-order valence-electron chi connectivity index (χ4n) is 1.97. The summed E-state index contributed by atoms with van der Waals surface area (Å²) in [7, 11) is 0. The van der Waals surface area contributed by atoms with E-state index < -0.39 is 23.0 Å². The molecule has 0 aromatic rings. The number of hydrogen-bond donors (Lipinski definition) is 2. The highest BCUT2D eigenvalue weighted by molar-refractivity contribution is 5.87. The van der Waals surface area contributed by atoms with Crippen LogP contribution in [0.3, 0.4) is 0 Å². The maximum atomic E-state index is 12.6. The second-order valence-electron chi connectivity index (χ2n) is 5.99. The highest BCUT2D eigenvalue weighted by Crippen LogP contribution is 2.32. The van der Waals surface area contributed by atoms with Crippen molar-refractivity contribution >= 4 is 11.9 Å². The number of carboxylic acids is 1. The van der Waals surface area contributed by atoms with Crippen LogP contribution in [0, 0.1) is 5.41 Å². The fraction of sp³-hybridized carbons (Fsp3) is 0.833. The minimum Gasteiger partial charge on any atom is -0.480 e. The maximum absolute atomic E-state index is 12.6. The number of nitrogens with zero attached hydrogens (tertiary/aromatic N) is 1. The Morgan fingerprint density at radius 3 is 2.39 bits per heavy atom. The molecule has 6 nitrogen and oxygen atoms in total. The van der Waals surface area contributed by atoms with Gasteiger partial charge in [-0.05, 0) is 27.7 Å². The van der Waals surface area contributed by atoms with E-state index in [1.54, 1.807) is 27.7 Å². The van der Waals surface area contributed by atoms with Crippen molar-refractivity contribution in [3.8, 4) is 0 Å². The summed E-state index contributed by atoms with van der Waals surface area (Å²) in [6.07, 6.45) is 0.